The molecule has 2 fully saturated rings. The number of nitrogens with zero attached hydrogens (tertiary/aromatic N) is 7. The molecule has 212 valence electrons. The minimum Gasteiger partial charge on any atom is -0.378 e. The van der Waals surface area contributed by atoms with Gasteiger partial charge in [0.05, 0.1) is 55.1 Å². The van der Waals surface area contributed by atoms with Crippen molar-refractivity contribution in [1.29, 1.82) is 0 Å². The molecule has 39 heavy (non-hydrogen) atoms. The molecule has 0 bridgehead atoms. The quantitative estimate of drug-likeness (QED) is 0.384. The second kappa shape index (κ2) is 13.2. The van der Waals surface area contributed by atoms with Gasteiger partial charge in [0.1, 0.15) is 17.4 Å². The summed E-state index contributed by atoms with van der Waals surface area (Å²) in [7, 11) is 3.27. The predicted octanol–water partition coefficient (Wildman–Crippen LogP) is 4.97. The molecule has 0 spiro atoms. The van der Waals surface area contributed by atoms with Crippen LogP contribution in [0.1, 0.15) is 31.9 Å². The fourth-order valence-corrected chi connectivity index (χ4v) is 4.59. The van der Waals surface area contributed by atoms with Gasteiger partial charge < -0.3 is 15.4 Å². The maximum atomic E-state index is 15.1. The Morgan fingerprint density at radius 1 is 1.23 bits per heavy atom. The summed E-state index contributed by atoms with van der Waals surface area (Å²) in [6.45, 7) is 6.05. The molecule has 2 aliphatic heterocycles. The lowest BCUT2D eigenvalue weighted by molar-refractivity contribution is -0.0794. The zero-order valence-electron chi connectivity index (χ0n) is 22.8. The predicted molar refractivity (Wildman–Crippen MR) is 145 cm³/mol. The summed E-state index contributed by atoms with van der Waals surface area (Å²) in [5, 5.41) is 18.3. The number of anilines is 2. The molecule has 10 nitrogen and oxygen atoms in total. The number of alkyl halides is 2. The minimum atomic E-state index is -1.07. The van der Waals surface area contributed by atoms with Crippen LogP contribution in [0.15, 0.2) is 28.6 Å². The number of rotatable bonds is 8. The van der Waals surface area contributed by atoms with Crippen molar-refractivity contribution in [1.82, 2.24) is 24.5 Å². The van der Waals surface area contributed by atoms with E-state index in [-0.39, 0.29) is 18.2 Å². The van der Waals surface area contributed by atoms with Gasteiger partial charge in [0, 0.05) is 27.2 Å². The Bertz CT molecular complexity index is 1280. The maximum absolute atomic E-state index is 15.1. The normalized spacial score (nSPS) is 20.1. The highest BCUT2D eigenvalue weighted by atomic mass is 19.1. The summed E-state index contributed by atoms with van der Waals surface area (Å²) in [5.41, 5.74) is 2.39. The van der Waals surface area contributed by atoms with Crippen LogP contribution in [0.5, 0.6) is 0 Å². The summed E-state index contributed by atoms with van der Waals surface area (Å²) < 4.78 is 47.6. The first kappa shape index (κ1) is 28.7. The molecule has 2 atom stereocenters. The number of ether oxygens (including phenoxy) is 1. The van der Waals surface area contributed by atoms with Gasteiger partial charge in [-0.05, 0) is 31.9 Å². The van der Waals surface area contributed by atoms with Crippen LogP contribution >= 0.6 is 0 Å². The zero-order valence-corrected chi connectivity index (χ0v) is 22.8. The first-order valence-electron chi connectivity index (χ1n) is 13.2. The molecular formula is C26H36F3N9O. The van der Waals surface area contributed by atoms with Gasteiger partial charge in [-0.3, -0.25) is 14.3 Å². The van der Waals surface area contributed by atoms with Crippen LogP contribution in [0.25, 0.3) is 16.8 Å². The van der Waals surface area contributed by atoms with Crippen LogP contribution in [-0.2, 0) is 4.74 Å². The Morgan fingerprint density at radius 3 is 2.59 bits per heavy atom. The van der Waals surface area contributed by atoms with Crippen molar-refractivity contribution in [3.05, 3.63) is 29.8 Å². The molecule has 0 amide bonds. The van der Waals surface area contributed by atoms with E-state index in [4.69, 9.17) is 4.74 Å². The third-order valence-electron chi connectivity index (χ3n) is 6.85. The molecular weight excluding hydrogens is 511 g/mol. The Balaban J connectivity index is 0.000000648. The maximum Gasteiger partial charge on any atom is 0.243 e. The second-order valence-corrected chi connectivity index (χ2v) is 9.56. The number of pyridine rings is 1. The van der Waals surface area contributed by atoms with E-state index >= 15 is 4.39 Å². The van der Waals surface area contributed by atoms with Gasteiger partial charge >= 0.3 is 0 Å². The molecule has 2 unspecified atom stereocenters. The van der Waals surface area contributed by atoms with E-state index in [9.17, 15) is 8.78 Å². The highest BCUT2D eigenvalue weighted by Gasteiger charge is 2.35. The fraction of sp³-hybridized carbons (Fsp3) is 0.577. The molecule has 0 saturated carbocycles. The Hall–Kier alpha value is -3.32. The summed E-state index contributed by atoms with van der Waals surface area (Å²) in [4.78, 5) is 11.2. The molecule has 13 heteroatoms. The summed E-state index contributed by atoms with van der Waals surface area (Å²) in [5.74, 6) is 0.154. The Labute approximate surface area is 226 Å². The van der Waals surface area contributed by atoms with Crippen molar-refractivity contribution in [2.45, 2.75) is 51.4 Å². The van der Waals surface area contributed by atoms with Gasteiger partial charge in [0.25, 0.3) is 0 Å². The van der Waals surface area contributed by atoms with Crippen LogP contribution in [0, 0.1) is 12.7 Å². The van der Waals surface area contributed by atoms with Crippen LogP contribution in [-0.4, -0.2) is 89.8 Å². The third-order valence-corrected chi connectivity index (χ3v) is 6.85. The highest BCUT2D eigenvalue weighted by Crippen LogP contribution is 2.34. The van der Waals surface area contributed by atoms with Crippen molar-refractivity contribution in [3.8, 4) is 11.3 Å². The van der Waals surface area contributed by atoms with Crippen LogP contribution in [0.3, 0.4) is 0 Å². The number of hydrogen-bond donors (Lipinski definition) is 2. The number of azo groups is 1. The number of piperidine rings is 1. The number of halogens is 3. The van der Waals surface area contributed by atoms with Crippen molar-refractivity contribution < 1.29 is 17.9 Å². The number of nitrogens with one attached hydrogen (secondary N) is 2. The molecule has 2 saturated heterocycles. The molecule has 5 heterocycles. The summed E-state index contributed by atoms with van der Waals surface area (Å²) >= 11 is 0. The fourth-order valence-electron chi connectivity index (χ4n) is 4.59. The van der Waals surface area contributed by atoms with Crippen molar-refractivity contribution in [2.24, 2.45) is 10.2 Å². The number of hydrogen-bond acceptors (Lipinski definition) is 9. The standard InChI is InChI=1S/C22H27F2N9O.C4H9F/c1-12-16(30-26-3)4-5-18(27-12)19-15(24)9-33-20(19)21(25-2)29-22(31-33)28-17-6-7-32(8-14(17)23)13-10-34-11-13;1-2-3-4-5/h4-5,9,13-14,17H,6-8,10-11H2,1-3H3,(H2,25,28,29,31);2-4H2,1H3. The van der Waals surface area contributed by atoms with E-state index in [1.54, 1.807) is 33.2 Å². The van der Waals surface area contributed by atoms with Crippen molar-refractivity contribution >= 4 is 23.0 Å². The van der Waals surface area contributed by atoms with E-state index in [0.717, 1.165) is 19.4 Å². The van der Waals surface area contributed by atoms with E-state index in [1.807, 2.05) is 6.92 Å². The Morgan fingerprint density at radius 2 is 2.03 bits per heavy atom. The van der Waals surface area contributed by atoms with Gasteiger partial charge in [0.2, 0.25) is 5.95 Å². The number of likely N-dealkylation sites (tertiary alicyclic amines) is 1. The molecule has 0 radical (unpaired) electrons. The lowest BCUT2D eigenvalue weighted by atomic mass is 10.0. The summed E-state index contributed by atoms with van der Waals surface area (Å²) in [6.07, 6.45) is 2.51. The van der Waals surface area contributed by atoms with Gasteiger partial charge in [-0.1, -0.05) is 13.3 Å². The van der Waals surface area contributed by atoms with Crippen molar-refractivity contribution in [2.75, 3.05) is 57.7 Å². The van der Waals surface area contributed by atoms with Gasteiger partial charge in [0.15, 0.2) is 11.6 Å². The molecule has 3 aromatic heterocycles. The van der Waals surface area contributed by atoms with Gasteiger partial charge in [-0.15, -0.1) is 5.10 Å². The average molecular weight is 548 g/mol. The van der Waals surface area contributed by atoms with E-state index < -0.39 is 18.0 Å². The number of aromatic nitrogens is 4. The molecule has 2 aliphatic rings. The molecule has 0 aromatic carbocycles. The van der Waals surface area contributed by atoms with E-state index in [2.05, 4.69) is 40.8 Å². The summed E-state index contributed by atoms with van der Waals surface area (Å²) in [6, 6.07) is 3.31. The first-order chi connectivity index (χ1) is 18.9. The van der Waals surface area contributed by atoms with E-state index in [1.165, 1.54) is 10.7 Å². The minimum absolute atomic E-state index is 0.156. The monoisotopic (exact) mass is 547 g/mol. The number of unbranched alkanes of at least 4 members (excludes halogenated alkanes) is 1. The average Bonchev–Trinajstić information content (AvgIpc) is 3.22. The van der Waals surface area contributed by atoms with E-state index in [0.29, 0.717) is 60.6 Å². The zero-order chi connectivity index (χ0) is 27.9. The molecule has 5 rings (SSSR count). The smallest absolute Gasteiger partial charge is 0.243 e. The molecule has 0 aliphatic carbocycles. The molecule has 2 N–H and O–H groups in total. The largest absolute Gasteiger partial charge is 0.378 e. The first-order valence-corrected chi connectivity index (χ1v) is 13.2. The Kier molecular flexibility index (Phi) is 9.68. The van der Waals surface area contributed by atoms with Gasteiger partial charge in [-0.2, -0.15) is 15.2 Å². The third kappa shape index (κ3) is 6.47. The molecule has 3 aromatic rings. The lowest BCUT2D eigenvalue weighted by Crippen LogP contribution is -2.57. The topological polar surface area (TPSA) is 104 Å². The highest BCUT2D eigenvalue weighted by molar-refractivity contribution is 5.88. The van der Waals surface area contributed by atoms with Crippen LogP contribution in [0.2, 0.25) is 0 Å². The van der Waals surface area contributed by atoms with Crippen LogP contribution < -0.4 is 10.6 Å². The van der Waals surface area contributed by atoms with Gasteiger partial charge in [-0.25, -0.2) is 13.3 Å². The lowest BCUT2D eigenvalue weighted by Gasteiger charge is -2.42. The number of aryl methyl sites for hydroxylation is 1. The SMILES string of the molecule is CCCCF.CN=Nc1ccc(-c2c(F)cn3nc(NC4CCN(C5COC5)CC4F)nc(NC)c23)nc1C. The number of fused-ring (bicyclic) bond motifs is 1. The van der Waals surface area contributed by atoms with Crippen molar-refractivity contribution in [3.63, 3.8) is 0 Å². The van der Waals surface area contributed by atoms with Crippen LogP contribution in [0.4, 0.5) is 30.6 Å². The second-order valence-electron chi connectivity index (χ2n) is 9.56.